The van der Waals surface area contributed by atoms with Gasteiger partial charge in [0.1, 0.15) is 5.56 Å². The number of aromatic nitrogens is 1. The first-order valence-electron chi connectivity index (χ1n) is 6.07. The summed E-state index contributed by atoms with van der Waals surface area (Å²) in [6.45, 7) is 5.58. The Morgan fingerprint density at radius 1 is 1.40 bits per heavy atom. The lowest BCUT2D eigenvalue weighted by Gasteiger charge is -2.25. The Morgan fingerprint density at radius 3 is 2.45 bits per heavy atom. The van der Waals surface area contributed by atoms with E-state index in [9.17, 15) is 9.59 Å². The van der Waals surface area contributed by atoms with E-state index in [1.807, 2.05) is 20.8 Å². The third-order valence-corrected chi connectivity index (χ3v) is 2.79. The zero-order chi connectivity index (χ0) is 15.5. The Kier molecular flexibility index (Phi) is 4.67. The molecular weight excluding hydrogens is 260 g/mol. The van der Waals surface area contributed by atoms with Crippen molar-refractivity contribution in [3.63, 3.8) is 0 Å². The number of methoxy groups -OCH3 is 1. The van der Waals surface area contributed by atoms with E-state index in [-0.39, 0.29) is 22.8 Å². The summed E-state index contributed by atoms with van der Waals surface area (Å²) >= 11 is 0. The Bertz CT molecular complexity index is 523. The number of hydrogen-bond acceptors (Lipinski definition) is 5. The zero-order valence-electron chi connectivity index (χ0n) is 12.1. The molecule has 110 valence electrons. The van der Waals surface area contributed by atoms with Crippen molar-refractivity contribution in [2.24, 2.45) is 16.9 Å². The van der Waals surface area contributed by atoms with Gasteiger partial charge in [-0.2, -0.15) is 0 Å². The summed E-state index contributed by atoms with van der Waals surface area (Å²) in [5, 5.41) is 2.61. The van der Waals surface area contributed by atoms with Gasteiger partial charge in [0.15, 0.2) is 0 Å². The van der Waals surface area contributed by atoms with E-state index in [1.54, 1.807) is 0 Å². The molecule has 5 N–H and O–H groups in total. The van der Waals surface area contributed by atoms with Gasteiger partial charge < -0.3 is 21.5 Å². The van der Waals surface area contributed by atoms with Gasteiger partial charge in [-0.1, -0.05) is 20.8 Å². The second-order valence-corrected chi connectivity index (χ2v) is 5.48. The fraction of sp³-hybridized carbons (Fsp3) is 0.462. The number of anilines is 1. The van der Waals surface area contributed by atoms with Gasteiger partial charge in [0, 0.05) is 0 Å². The van der Waals surface area contributed by atoms with Crippen LogP contribution in [-0.4, -0.2) is 29.9 Å². The van der Waals surface area contributed by atoms with Crippen molar-refractivity contribution < 1.29 is 14.3 Å². The summed E-state index contributed by atoms with van der Waals surface area (Å²) in [4.78, 5) is 27.2. The number of pyridine rings is 1. The molecule has 1 atom stereocenters. The monoisotopic (exact) mass is 280 g/mol. The van der Waals surface area contributed by atoms with Crippen molar-refractivity contribution >= 4 is 17.5 Å². The number of primary amides is 1. The van der Waals surface area contributed by atoms with Crippen molar-refractivity contribution in [3.05, 3.63) is 17.8 Å². The van der Waals surface area contributed by atoms with Crippen LogP contribution in [0.15, 0.2) is 12.3 Å². The zero-order valence-corrected chi connectivity index (χ0v) is 12.1. The van der Waals surface area contributed by atoms with E-state index in [0.717, 1.165) is 0 Å². The van der Waals surface area contributed by atoms with Crippen molar-refractivity contribution in [1.29, 1.82) is 0 Å². The van der Waals surface area contributed by atoms with Crippen LogP contribution in [0.25, 0.3) is 0 Å². The third-order valence-electron chi connectivity index (χ3n) is 2.79. The largest absolute Gasteiger partial charge is 0.480 e. The first kappa shape index (κ1) is 15.9. The maximum absolute atomic E-state index is 12.0. The summed E-state index contributed by atoms with van der Waals surface area (Å²) in [6.07, 6.45) is 1.37. The highest BCUT2D eigenvalue weighted by molar-refractivity contribution is 5.99. The molecule has 0 bridgehead atoms. The lowest BCUT2D eigenvalue weighted by Crippen LogP contribution is -2.45. The van der Waals surface area contributed by atoms with Crippen molar-refractivity contribution in [1.82, 2.24) is 4.98 Å². The van der Waals surface area contributed by atoms with Crippen LogP contribution in [0, 0.1) is 5.41 Å². The molecule has 7 nitrogen and oxygen atoms in total. The average molecular weight is 280 g/mol. The third kappa shape index (κ3) is 3.67. The molecule has 0 saturated heterocycles. The van der Waals surface area contributed by atoms with Crippen LogP contribution in [0.3, 0.4) is 0 Å². The quantitative estimate of drug-likeness (QED) is 0.741. The van der Waals surface area contributed by atoms with Crippen LogP contribution in [-0.2, 0) is 4.79 Å². The van der Waals surface area contributed by atoms with E-state index in [1.165, 1.54) is 19.4 Å². The van der Waals surface area contributed by atoms with E-state index < -0.39 is 11.9 Å². The van der Waals surface area contributed by atoms with Crippen molar-refractivity contribution in [2.45, 2.75) is 26.8 Å². The van der Waals surface area contributed by atoms with Crippen LogP contribution >= 0.6 is 0 Å². The van der Waals surface area contributed by atoms with Crippen molar-refractivity contribution in [3.8, 4) is 5.88 Å². The number of nitrogens with one attached hydrogen (secondary N) is 1. The molecule has 0 aliphatic rings. The molecule has 1 aromatic heterocycles. The van der Waals surface area contributed by atoms with Crippen LogP contribution in [0.4, 0.5) is 5.69 Å². The summed E-state index contributed by atoms with van der Waals surface area (Å²) < 4.78 is 4.92. The Morgan fingerprint density at radius 2 is 2.00 bits per heavy atom. The fourth-order valence-electron chi connectivity index (χ4n) is 1.47. The highest BCUT2D eigenvalue weighted by Crippen LogP contribution is 2.21. The highest BCUT2D eigenvalue weighted by Gasteiger charge is 2.27. The summed E-state index contributed by atoms with van der Waals surface area (Å²) in [6, 6.07) is 0.711. The molecule has 1 heterocycles. The SMILES string of the molecule is COc1ncc(NC(=O)[C@@H](N)C(C)(C)C)cc1C(N)=O. The summed E-state index contributed by atoms with van der Waals surface area (Å²) in [7, 11) is 1.38. The predicted molar refractivity (Wildman–Crippen MR) is 75.4 cm³/mol. The molecule has 0 aliphatic heterocycles. The van der Waals surface area contributed by atoms with Gasteiger partial charge in [-0.15, -0.1) is 0 Å². The van der Waals surface area contributed by atoms with Gasteiger partial charge in [0.05, 0.1) is 25.0 Å². The van der Waals surface area contributed by atoms with Crippen LogP contribution in [0.5, 0.6) is 5.88 Å². The molecule has 0 saturated carbocycles. The molecule has 0 spiro atoms. The Labute approximate surface area is 117 Å². The summed E-state index contributed by atoms with van der Waals surface area (Å²) in [5.74, 6) is -0.943. The molecular formula is C13H20N4O3. The normalized spacial score (nSPS) is 12.7. The van der Waals surface area contributed by atoms with E-state index in [2.05, 4.69) is 10.3 Å². The molecule has 0 aliphatic carbocycles. The highest BCUT2D eigenvalue weighted by atomic mass is 16.5. The van der Waals surface area contributed by atoms with Gasteiger partial charge >= 0.3 is 0 Å². The van der Waals surface area contributed by atoms with Crippen molar-refractivity contribution in [2.75, 3.05) is 12.4 Å². The molecule has 7 heteroatoms. The van der Waals surface area contributed by atoms with Crippen LogP contribution < -0.4 is 21.5 Å². The maximum Gasteiger partial charge on any atom is 0.254 e. The first-order chi connectivity index (χ1) is 9.16. The molecule has 2 amide bonds. The minimum atomic E-state index is -0.693. The van der Waals surface area contributed by atoms with E-state index in [0.29, 0.717) is 5.69 Å². The van der Waals surface area contributed by atoms with Gasteiger partial charge in [-0.3, -0.25) is 9.59 Å². The molecule has 0 unspecified atom stereocenters. The number of hydrogen-bond donors (Lipinski definition) is 3. The van der Waals surface area contributed by atoms with Gasteiger partial charge in [-0.05, 0) is 11.5 Å². The minimum absolute atomic E-state index is 0.0923. The van der Waals surface area contributed by atoms with Gasteiger partial charge in [-0.25, -0.2) is 4.98 Å². The molecule has 0 radical (unpaired) electrons. The lowest BCUT2D eigenvalue weighted by molar-refractivity contribution is -0.119. The Hall–Kier alpha value is -2.15. The van der Waals surface area contributed by atoms with E-state index in [4.69, 9.17) is 16.2 Å². The Balaban J connectivity index is 2.97. The first-order valence-corrected chi connectivity index (χ1v) is 6.07. The number of ether oxygens (including phenoxy) is 1. The number of nitrogens with two attached hydrogens (primary N) is 2. The van der Waals surface area contributed by atoms with Gasteiger partial charge in [0.25, 0.3) is 5.91 Å². The average Bonchev–Trinajstić information content (AvgIpc) is 2.36. The molecule has 0 aromatic carbocycles. The number of rotatable bonds is 4. The van der Waals surface area contributed by atoms with Gasteiger partial charge in [0.2, 0.25) is 11.8 Å². The molecule has 0 fully saturated rings. The van der Waals surface area contributed by atoms with Crippen LogP contribution in [0.2, 0.25) is 0 Å². The smallest absolute Gasteiger partial charge is 0.254 e. The number of carbonyl (C=O) groups excluding carboxylic acids is 2. The number of nitrogens with zero attached hydrogens (tertiary/aromatic N) is 1. The lowest BCUT2D eigenvalue weighted by atomic mass is 9.87. The maximum atomic E-state index is 12.0. The summed E-state index contributed by atoms with van der Waals surface area (Å²) in [5.41, 5.74) is 11.1. The predicted octanol–water partition coefficient (Wildman–Crippen LogP) is 0.501. The second-order valence-electron chi connectivity index (χ2n) is 5.48. The number of carbonyl (C=O) groups is 2. The topological polar surface area (TPSA) is 120 Å². The van der Waals surface area contributed by atoms with Crippen LogP contribution in [0.1, 0.15) is 31.1 Å². The minimum Gasteiger partial charge on any atom is -0.480 e. The molecule has 1 rings (SSSR count). The second kappa shape index (κ2) is 5.87. The molecule has 1 aromatic rings. The van der Waals surface area contributed by atoms with E-state index >= 15 is 0 Å². The number of amides is 2. The molecule has 20 heavy (non-hydrogen) atoms. The fourth-order valence-corrected chi connectivity index (χ4v) is 1.47. The standard InChI is InChI=1S/C13H20N4O3/c1-13(2,3)9(14)11(19)17-7-5-8(10(15)18)12(20-4)16-6-7/h5-6,9H,14H2,1-4H3,(H2,15,18)(H,17,19)/t9-/m1/s1.